The Balaban J connectivity index is 1.77. The van der Waals surface area contributed by atoms with E-state index in [-0.39, 0.29) is 24.2 Å². The third-order valence-electron chi connectivity index (χ3n) is 11.1. The van der Waals surface area contributed by atoms with E-state index in [9.17, 15) is 43.6 Å². The lowest BCUT2D eigenvalue weighted by molar-refractivity contribution is -0.317. The van der Waals surface area contributed by atoms with Crippen LogP contribution in [0, 0.1) is 46.3 Å². The molecule has 220 valence electrons. The van der Waals surface area contributed by atoms with E-state index >= 15 is 0 Å². The summed E-state index contributed by atoms with van der Waals surface area (Å²) in [7, 11) is -5.10. The molecule has 0 unspecified atom stereocenters. The van der Waals surface area contributed by atoms with Crippen LogP contribution in [-0.4, -0.2) is 85.8 Å². The largest absolute Gasteiger partial charge is 0.397 e. The molecule has 4 fully saturated rings. The highest BCUT2D eigenvalue weighted by molar-refractivity contribution is 7.80. The molecule has 0 spiro atoms. The molecule has 10 nitrogen and oxygen atoms in total. The van der Waals surface area contributed by atoms with E-state index in [0.717, 1.165) is 0 Å². The number of hydrogen-bond donors (Lipinski definition) is 7. The quantitative estimate of drug-likeness (QED) is 0.182. The fourth-order valence-electron chi connectivity index (χ4n) is 9.24. The predicted octanol–water partition coefficient (Wildman–Crippen LogP) is 1.04. The summed E-state index contributed by atoms with van der Waals surface area (Å²) in [6.45, 7) is 9.61. The zero-order valence-corrected chi connectivity index (χ0v) is 23.7. The summed E-state index contributed by atoms with van der Waals surface area (Å²) in [6.07, 6.45) is -2.19. The molecule has 0 aromatic heterocycles. The van der Waals surface area contributed by atoms with Gasteiger partial charge in [-0.25, -0.2) is 4.18 Å². The van der Waals surface area contributed by atoms with E-state index < -0.39 is 81.2 Å². The van der Waals surface area contributed by atoms with Crippen LogP contribution in [0.15, 0.2) is 12.2 Å². The van der Waals surface area contributed by atoms with Gasteiger partial charge >= 0.3 is 10.4 Å². The first-order valence-electron chi connectivity index (χ1n) is 13.9. The SMILES string of the molecule is CC(C)[C@@H](O)/C=C/[C@@H](C)[C@H]1C[C@@H](O)[C@@H]2[C@]1(C)CC[C@@H]1[C@@]3(C)CC[C@H](O)[C@H](O)[C@@H]3[C@@H](OS(=O)(=O)O)[C@@H](O)[C@]12O. The van der Waals surface area contributed by atoms with Crippen molar-refractivity contribution in [3.05, 3.63) is 12.2 Å². The molecule has 7 N–H and O–H groups in total. The van der Waals surface area contributed by atoms with Gasteiger partial charge in [0.1, 0.15) is 17.8 Å². The van der Waals surface area contributed by atoms with Gasteiger partial charge in [0.25, 0.3) is 0 Å². The Morgan fingerprint density at radius 3 is 2.13 bits per heavy atom. The number of allylic oxidation sites excluding steroid dienone is 1. The highest BCUT2D eigenvalue weighted by Gasteiger charge is 2.75. The summed E-state index contributed by atoms with van der Waals surface area (Å²) in [6, 6.07) is 0. The van der Waals surface area contributed by atoms with E-state index in [2.05, 4.69) is 0 Å². The minimum absolute atomic E-state index is 0.0438. The molecule has 38 heavy (non-hydrogen) atoms. The lowest BCUT2D eigenvalue weighted by Crippen LogP contribution is -2.77. The van der Waals surface area contributed by atoms with Crippen molar-refractivity contribution in [1.29, 1.82) is 0 Å². The number of rotatable bonds is 6. The first-order valence-corrected chi connectivity index (χ1v) is 15.2. The van der Waals surface area contributed by atoms with Gasteiger partial charge in [0, 0.05) is 11.8 Å². The summed E-state index contributed by atoms with van der Waals surface area (Å²) in [4.78, 5) is 0. The molecule has 0 aliphatic heterocycles. The molecule has 0 aromatic rings. The van der Waals surface area contributed by atoms with Crippen molar-refractivity contribution in [2.45, 2.75) is 109 Å². The van der Waals surface area contributed by atoms with Crippen molar-refractivity contribution >= 4 is 10.4 Å². The third kappa shape index (κ3) is 4.59. The number of aliphatic hydroxyl groups is 6. The van der Waals surface area contributed by atoms with Crippen LogP contribution in [0.1, 0.15) is 66.7 Å². The smallest absolute Gasteiger partial charge is 0.393 e. The fourth-order valence-corrected chi connectivity index (χ4v) is 9.74. The molecular weight excluding hydrogens is 516 g/mol. The maximum absolute atomic E-state index is 12.5. The van der Waals surface area contributed by atoms with Crippen molar-refractivity contribution in [3.63, 3.8) is 0 Å². The zero-order valence-electron chi connectivity index (χ0n) is 22.9. The van der Waals surface area contributed by atoms with E-state index in [1.165, 1.54) is 0 Å². The van der Waals surface area contributed by atoms with Crippen LogP contribution in [0.5, 0.6) is 0 Å². The summed E-state index contributed by atoms with van der Waals surface area (Å²) >= 11 is 0. The molecule has 4 saturated carbocycles. The van der Waals surface area contributed by atoms with Gasteiger partial charge in [0.15, 0.2) is 0 Å². The summed E-state index contributed by atoms with van der Waals surface area (Å²) in [5.74, 6) is -2.66. The molecule has 4 rings (SSSR count). The second-order valence-corrected chi connectivity index (χ2v) is 14.5. The van der Waals surface area contributed by atoms with E-state index in [1.54, 1.807) is 13.0 Å². The molecule has 0 aromatic carbocycles. The van der Waals surface area contributed by atoms with Crippen molar-refractivity contribution in [2.75, 3.05) is 0 Å². The standard InChI is InChI=1S/C27H46O10S/c1-13(2)16(28)7-6-14(3)15-12-18(30)23-25(15,4)11-9-19-26(5)10-8-17(29)21(31)20(26)22(37-38(34,35)36)24(32)27(19,23)33/h6-7,13-24,28-33H,8-12H2,1-5H3,(H,34,35,36)/b7-6+/t14-,15-,16+,17+,18-,19-,20-,21+,22-,23-,24-,25-,26-,27+/m1/s1. The Morgan fingerprint density at radius 2 is 1.55 bits per heavy atom. The van der Waals surface area contributed by atoms with Crippen LogP contribution in [0.2, 0.25) is 0 Å². The average molecular weight is 563 g/mol. The van der Waals surface area contributed by atoms with E-state index in [4.69, 9.17) is 4.18 Å². The predicted molar refractivity (Wildman–Crippen MR) is 138 cm³/mol. The zero-order chi connectivity index (χ0) is 28.6. The monoisotopic (exact) mass is 562 g/mol. The topological polar surface area (TPSA) is 185 Å². The van der Waals surface area contributed by atoms with Crippen molar-refractivity contribution in [1.82, 2.24) is 0 Å². The lowest BCUT2D eigenvalue weighted by atomic mass is 9.40. The Morgan fingerprint density at radius 1 is 0.947 bits per heavy atom. The normalized spacial score (nSPS) is 50.9. The van der Waals surface area contributed by atoms with E-state index in [1.807, 2.05) is 33.8 Å². The molecule has 0 bridgehead atoms. The summed E-state index contributed by atoms with van der Waals surface area (Å²) in [5.41, 5.74) is -3.57. The molecule has 14 atom stereocenters. The van der Waals surface area contributed by atoms with Crippen LogP contribution in [0.25, 0.3) is 0 Å². The van der Waals surface area contributed by atoms with Gasteiger partial charge in [0.05, 0.1) is 24.4 Å². The minimum Gasteiger partial charge on any atom is -0.393 e. The number of fused-ring (bicyclic) bond motifs is 5. The van der Waals surface area contributed by atoms with Gasteiger partial charge in [-0.15, -0.1) is 0 Å². The maximum atomic E-state index is 12.5. The van der Waals surface area contributed by atoms with Crippen LogP contribution in [-0.2, 0) is 14.6 Å². The molecule has 0 radical (unpaired) electrons. The van der Waals surface area contributed by atoms with Crippen LogP contribution >= 0.6 is 0 Å². The average Bonchev–Trinajstić information content (AvgIpc) is 3.08. The Kier molecular flexibility index (Phi) is 8.00. The maximum Gasteiger partial charge on any atom is 0.397 e. The first kappa shape index (κ1) is 30.3. The third-order valence-corrected chi connectivity index (χ3v) is 11.5. The lowest BCUT2D eigenvalue weighted by Gasteiger charge is -2.68. The van der Waals surface area contributed by atoms with Gasteiger partial charge in [-0.2, -0.15) is 8.42 Å². The van der Waals surface area contributed by atoms with Crippen LogP contribution in [0.4, 0.5) is 0 Å². The Hall–Kier alpha value is -0.630. The number of aliphatic hydroxyl groups excluding tert-OH is 5. The van der Waals surface area contributed by atoms with Gasteiger partial charge < -0.3 is 30.6 Å². The van der Waals surface area contributed by atoms with Gasteiger partial charge in [-0.05, 0) is 66.6 Å². The fraction of sp³-hybridized carbons (Fsp3) is 0.926. The van der Waals surface area contributed by atoms with E-state index in [0.29, 0.717) is 25.7 Å². The highest BCUT2D eigenvalue weighted by atomic mass is 32.3. The first-order chi connectivity index (χ1) is 17.4. The van der Waals surface area contributed by atoms with Crippen LogP contribution in [0.3, 0.4) is 0 Å². The van der Waals surface area contributed by atoms with Gasteiger partial charge in [-0.3, -0.25) is 4.55 Å². The molecular formula is C27H46O10S. The second kappa shape index (κ2) is 10.0. The van der Waals surface area contributed by atoms with Gasteiger partial charge in [-0.1, -0.05) is 46.8 Å². The molecule has 11 heteroatoms. The number of hydrogen-bond acceptors (Lipinski definition) is 9. The van der Waals surface area contributed by atoms with Crippen molar-refractivity contribution < 1.29 is 47.8 Å². The minimum atomic E-state index is -5.10. The Bertz CT molecular complexity index is 1020. The summed E-state index contributed by atoms with van der Waals surface area (Å²) < 4.78 is 38.3. The Labute approximate surface area is 225 Å². The molecule has 4 aliphatic carbocycles. The summed E-state index contributed by atoms with van der Waals surface area (Å²) in [5, 5.41) is 67.3. The molecule has 0 heterocycles. The van der Waals surface area contributed by atoms with Gasteiger partial charge in [0.2, 0.25) is 0 Å². The van der Waals surface area contributed by atoms with Crippen molar-refractivity contribution in [2.24, 2.45) is 46.3 Å². The van der Waals surface area contributed by atoms with Crippen molar-refractivity contribution in [3.8, 4) is 0 Å². The second-order valence-electron chi connectivity index (χ2n) is 13.4. The van der Waals surface area contributed by atoms with Crippen LogP contribution < -0.4 is 0 Å². The molecule has 4 aliphatic rings. The molecule has 0 amide bonds. The highest BCUT2D eigenvalue weighted by Crippen LogP contribution is 2.70. The molecule has 0 saturated heterocycles.